The van der Waals surface area contributed by atoms with Crippen LogP contribution in [0, 0.1) is 0 Å². The lowest BCUT2D eigenvalue weighted by molar-refractivity contribution is 0.0124. The fourth-order valence-electron chi connectivity index (χ4n) is 2.52. The third-order valence-electron chi connectivity index (χ3n) is 3.50. The van der Waals surface area contributed by atoms with Gasteiger partial charge in [0.25, 0.3) is 0 Å². The average Bonchev–Trinajstić information content (AvgIpc) is 2.26. The number of hydrogen-bond donors (Lipinski definition) is 1. The summed E-state index contributed by atoms with van der Waals surface area (Å²) < 4.78 is 6.06. The van der Waals surface area contributed by atoms with E-state index < -0.39 is 0 Å². The Morgan fingerprint density at radius 3 is 2.50 bits per heavy atom. The Morgan fingerprint density at radius 1 is 1.06 bits per heavy atom. The Kier molecular flexibility index (Phi) is 7.87. The highest BCUT2D eigenvalue weighted by atomic mass is 16.5. The summed E-state index contributed by atoms with van der Waals surface area (Å²) >= 11 is 0. The van der Waals surface area contributed by atoms with Crippen molar-refractivity contribution < 1.29 is 4.74 Å². The van der Waals surface area contributed by atoms with Gasteiger partial charge < -0.3 is 10.1 Å². The highest BCUT2D eigenvalue weighted by Crippen LogP contribution is 2.20. The predicted octanol–water partition coefficient (Wildman–Crippen LogP) is 3.50. The minimum absolute atomic E-state index is 0.465. The van der Waals surface area contributed by atoms with Gasteiger partial charge in [0.2, 0.25) is 0 Å². The molecule has 1 rings (SSSR count). The van der Waals surface area contributed by atoms with Crippen LogP contribution in [0.3, 0.4) is 0 Å². The van der Waals surface area contributed by atoms with Crippen molar-refractivity contribution in [1.82, 2.24) is 5.32 Å². The van der Waals surface area contributed by atoms with Gasteiger partial charge in [0.1, 0.15) is 0 Å². The van der Waals surface area contributed by atoms with Crippen molar-refractivity contribution in [2.45, 2.75) is 77.4 Å². The molecule has 0 heterocycles. The van der Waals surface area contributed by atoms with Gasteiger partial charge in [-0.05, 0) is 25.8 Å². The number of nitrogens with one attached hydrogen (secondary N) is 1. The van der Waals surface area contributed by atoms with E-state index in [-0.39, 0.29) is 0 Å². The molecule has 0 amide bonds. The zero-order valence-electron chi connectivity index (χ0n) is 11.1. The third-order valence-corrected chi connectivity index (χ3v) is 3.50. The molecular weight excluding hydrogens is 198 g/mol. The molecule has 0 aromatic carbocycles. The van der Waals surface area contributed by atoms with Gasteiger partial charge in [-0.15, -0.1) is 0 Å². The summed E-state index contributed by atoms with van der Waals surface area (Å²) in [4.78, 5) is 0. The van der Waals surface area contributed by atoms with Crippen LogP contribution in [0.15, 0.2) is 0 Å². The maximum atomic E-state index is 6.06. The highest BCUT2D eigenvalue weighted by Gasteiger charge is 2.22. The lowest BCUT2D eigenvalue weighted by atomic mass is 9.94. The summed E-state index contributed by atoms with van der Waals surface area (Å²) in [5.74, 6) is 0. The largest absolute Gasteiger partial charge is 0.377 e. The van der Waals surface area contributed by atoms with Crippen molar-refractivity contribution in [3.63, 3.8) is 0 Å². The molecule has 0 radical (unpaired) electrons. The molecule has 16 heavy (non-hydrogen) atoms. The van der Waals surface area contributed by atoms with Gasteiger partial charge >= 0.3 is 0 Å². The molecule has 1 saturated carbocycles. The van der Waals surface area contributed by atoms with Gasteiger partial charge in [0, 0.05) is 12.6 Å². The summed E-state index contributed by atoms with van der Waals surface area (Å²) in [5, 5.41) is 3.60. The number of likely N-dealkylation sites (N-methyl/N-ethyl adjacent to an activating group) is 1. The molecule has 1 fully saturated rings. The first kappa shape index (κ1) is 14.0. The molecule has 1 aliphatic carbocycles. The van der Waals surface area contributed by atoms with Crippen molar-refractivity contribution in [3.8, 4) is 0 Å². The van der Waals surface area contributed by atoms with Gasteiger partial charge in [-0.25, -0.2) is 0 Å². The average molecular weight is 227 g/mol. The molecule has 2 unspecified atom stereocenters. The van der Waals surface area contributed by atoms with E-state index in [1.54, 1.807) is 0 Å². The van der Waals surface area contributed by atoms with Crippen LogP contribution in [0.5, 0.6) is 0 Å². The predicted molar refractivity (Wildman–Crippen MR) is 69.8 cm³/mol. The molecule has 2 heteroatoms. The van der Waals surface area contributed by atoms with E-state index in [1.165, 1.54) is 51.4 Å². The Labute approximate surface area is 101 Å². The van der Waals surface area contributed by atoms with Crippen LogP contribution in [0.1, 0.15) is 65.2 Å². The van der Waals surface area contributed by atoms with Crippen LogP contribution >= 0.6 is 0 Å². The normalized spacial score (nSPS) is 27.4. The van der Waals surface area contributed by atoms with E-state index in [0.29, 0.717) is 12.1 Å². The highest BCUT2D eigenvalue weighted by molar-refractivity contribution is 4.79. The monoisotopic (exact) mass is 227 g/mol. The summed E-state index contributed by atoms with van der Waals surface area (Å²) in [5.41, 5.74) is 0. The van der Waals surface area contributed by atoms with E-state index in [9.17, 15) is 0 Å². The van der Waals surface area contributed by atoms with Gasteiger partial charge in [-0.1, -0.05) is 46.0 Å². The minimum atomic E-state index is 0.465. The number of rotatable bonds is 6. The summed E-state index contributed by atoms with van der Waals surface area (Å²) in [6.45, 7) is 6.44. The number of unbranched alkanes of at least 4 members (excludes halogenated alkanes) is 1. The van der Waals surface area contributed by atoms with Crippen LogP contribution in [-0.2, 0) is 4.74 Å². The van der Waals surface area contributed by atoms with E-state index in [1.807, 2.05) is 0 Å². The maximum Gasteiger partial charge on any atom is 0.0728 e. The van der Waals surface area contributed by atoms with Crippen LogP contribution in [0.2, 0.25) is 0 Å². The molecule has 96 valence electrons. The molecule has 2 nitrogen and oxygen atoms in total. The lowest BCUT2D eigenvalue weighted by Gasteiger charge is -2.30. The fraction of sp³-hybridized carbons (Fsp3) is 1.00. The smallest absolute Gasteiger partial charge is 0.0728 e. The van der Waals surface area contributed by atoms with Gasteiger partial charge in [0.15, 0.2) is 0 Å². The Hall–Kier alpha value is -0.0800. The van der Waals surface area contributed by atoms with E-state index in [2.05, 4.69) is 19.2 Å². The van der Waals surface area contributed by atoms with Gasteiger partial charge in [-0.2, -0.15) is 0 Å². The third kappa shape index (κ3) is 5.31. The molecule has 1 N–H and O–H groups in total. The van der Waals surface area contributed by atoms with Crippen molar-refractivity contribution in [2.24, 2.45) is 0 Å². The van der Waals surface area contributed by atoms with Gasteiger partial charge in [0.05, 0.1) is 6.10 Å². The second kappa shape index (κ2) is 9.00. The van der Waals surface area contributed by atoms with Crippen molar-refractivity contribution in [2.75, 3.05) is 13.2 Å². The van der Waals surface area contributed by atoms with Crippen molar-refractivity contribution in [3.05, 3.63) is 0 Å². The molecule has 0 bridgehead atoms. The number of hydrogen-bond acceptors (Lipinski definition) is 2. The molecule has 2 atom stereocenters. The van der Waals surface area contributed by atoms with Crippen LogP contribution in [0.4, 0.5) is 0 Å². The molecule has 1 aliphatic rings. The maximum absolute atomic E-state index is 6.06. The second-order valence-electron chi connectivity index (χ2n) is 4.92. The van der Waals surface area contributed by atoms with Crippen LogP contribution in [-0.4, -0.2) is 25.3 Å². The van der Waals surface area contributed by atoms with E-state index in [0.717, 1.165) is 13.2 Å². The second-order valence-corrected chi connectivity index (χ2v) is 4.92. The first-order valence-corrected chi connectivity index (χ1v) is 7.23. The SMILES string of the molecule is CCCCOC1CCCCCCC1NCC. The Bertz CT molecular complexity index is 161. The van der Waals surface area contributed by atoms with E-state index in [4.69, 9.17) is 4.74 Å². The summed E-state index contributed by atoms with van der Waals surface area (Å²) in [6, 6.07) is 0.599. The molecule has 0 aromatic rings. The van der Waals surface area contributed by atoms with Crippen molar-refractivity contribution >= 4 is 0 Å². The first-order chi connectivity index (χ1) is 7.88. The molecule has 0 aliphatic heterocycles. The molecule has 0 aromatic heterocycles. The topological polar surface area (TPSA) is 21.3 Å². The van der Waals surface area contributed by atoms with Crippen LogP contribution < -0.4 is 5.32 Å². The van der Waals surface area contributed by atoms with Crippen molar-refractivity contribution in [1.29, 1.82) is 0 Å². The zero-order valence-corrected chi connectivity index (χ0v) is 11.1. The molecular formula is C14H29NO. The Balaban J connectivity index is 2.36. The van der Waals surface area contributed by atoms with Gasteiger partial charge in [-0.3, -0.25) is 0 Å². The molecule has 0 saturated heterocycles. The number of ether oxygens (including phenoxy) is 1. The fourth-order valence-corrected chi connectivity index (χ4v) is 2.52. The zero-order chi connectivity index (χ0) is 11.6. The van der Waals surface area contributed by atoms with Crippen LogP contribution in [0.25, 0.3) is 0 Å². The standard InChI is InChI=1S/C14H29NO/c1-3-5-12-16-14-11-9-7-6-8-10-13(14)15-4-2/h13-15H,3-12H2,1-2H3. The van der Waals surface area contributed by atoms with E-state index >= 15 is 0 Å². The lowest BCUT2D eigenvalue weighted by Crippen LogP contribution is -2.42. The minimum Gasteiger partial charge on any atom is -0.377 e. The summed E-state index contributed by atoms with van der Waals surface area (Å²) in [6.07, 6.45) is 11.0. The molecule has 0 spiro atoms. The Morgan fingerprint density at radius 2 is 1.81 bits per heavy atom. The summed E-state index contributed by atoms with van der Waals surface area (Å²) in [7, 11) is 0. The quantitative estimate of drug-likeness (QED) is 0.701. The first-order valence-electron chi connectivity index (χ1n) is 7.23.